The molecule has 23 heavy (non-hydrogen) atoms. The molecule has 0 atom stereocenters. The fourth-order valence-electron chi connectivity index (χ4n) is 1.54. The van der Waals surface area contributed by atoms with E-state index in [1.165, 1.54) is 31.5 Å². The third-order valence-corrected chi connectivity index (χ3v) is 2.47. The first-order valence-corrected chi connectivity index (χ1v) is 6.62. The standard InChI is InChI=1S/C14H18N4O5/c1-14(2,3)16-12(19)13(20)17-15-8-9-5-6-11(23-4)10(7-9)18(21)22/h5-8H,1-4H3,(H,16,19)(H,17,20). The Morgan fingerprint density at radius 1 is 1.30 bits per heavy atom. The Labute approximate surface area is 132 Å². The second-order valence-electron chi connectivity index (χ2n) is 5.59. The topological polar surface area (TPSA) is 123 Å². The minimum Gasteiger partial charge on any atom is -0.490 e. The average Bonchev–Trinajstić information content (AvgIpc) is 2.45. The Morgan fingerprint density at radius 2 is 1.96 bits per heavy atom. The summed E-state index contributed by atoms with van der Waals surface area (Å²) >= 11 is 0. The van der Waals surface area contributed by atoms with Crippen molar-refractivity contribution >= 4 is 23.7 Å². The number of ether oxygens (including phenoxy) is 1. The summed E-state index contributed by atoms with van der Waals surface area (Å²) in [6, 6.07) is 4.17. The summed E-state index contributed by atoms with van der Waals surface area (Å²) in [5.74, 6) is -1.64. The van der Waals surface area contributed by atoms with Gasteiger partial charge < -0.3 is 10.1 Å². The van der Waals surface area contributed by atoms with Crippen LogP contribution in [0, 0.1) is 10.1 Å². The van der Waals surface area contributed by atoms with Gasteiger partial charge in [-0.1, -0.05) is 0 Å². The van der Waals surface area contributed by atoms with Gasteiger partial charge in [-0.15, -0.1) is 0 Å². The molecular weight excluding hydrogens is 304 g/mol. The highest BCUT2D eigenvalue weighted by Crippen LogP contribution is 2.26. The summed E-state index contributed by atoms with van der Waals surface area (Å²) in [6.07, 6.45) is 1.19. The minimum atomic E-state index is -0.931. The second-order valence-corrected chi connectivity index (χ2v) is 5.59. The Balaban J connectivity index is 2.75. The van der Waals surface area contributed by atoms with Crippen LogP contribution in [0.3, 0.4) is 0 Å². The lowest BCUT2D eigenvalue weighted by Gasteiger charge is -2.19. The van der Waals surface area contributed by atoms with Crippen molar-refractivity contribution in [3.8, 4) is 5.75 Å². The molecule has 1 aromatic rings. The molecule has 0 fully saturated rings. The van der Waals surface area contributed by atoms with Crippen LogP contribution in [0.25, 0.3) is 0 Å². The third kappa shape index (κ3) is 5.73. The first-order valence-electron chi connectivity index (χ1n) is 6.62. The highest BCUT2D eigenvalue weighted by molar-refractivity contribution is 6.35. The molecule has 0 saturated heterocycles. The molecule has 1 aromatic carbocycles. The molecule has 0 spiro atoms. The van der Waals surface area contributed by atoms with E-state index in [1.54, 1.807) is 20.8 Å². The van der Waals surface area contributed by atoms with Crippen LogP contribution in [0.1, 0.15) is 26.3 Å². The van der Waals surface area contributed by atoms with Gasteiger partial charge in [0.05, 0.1) is 18.2 Å². The maximum atomic E-state index is 11.5. The van der Waals surface area contributed by atoms with Gasteiger partial charge in [-0.2, -0.15) is 5.10 Å². The van der Waals surface area contributed by atoms with E-state index in [0.717, 1.165) is 0 Å². The Kier molecular flexibility index (Phi) is 5.77. The van der Waals surface area contributed by atoms with E-state index < -0.39 is 22.3 Å². The van der Waals surface area contributed by atoms with E-state index in [2.05, 4.69) is 10.4 Å². The molecule has 9 nitrogen and oxygen atoms in total. The van der Waals surface area contributed by atoms with Gasteiger partial charge in [0.25, 0.3) is 0 Å². The van der Waals surface area contributed by atoms with Crippen LogP contribution in [-0.2, 0) is 9.59 Å². The number of amides is 2. The number of hydrogen-bond acceptors (Lipinski definition) is 6. The number of benzene rings is 1. The molecule has 2 amide bonds. The first-order chi connectivity index (χ1) is 10.6. The van der Waals surface area contributed by atoms with Crippen molar-refractivity contribution in [3.63, 3.8) is 0 Å². The Hall–Kier alpha value is -2.97. The van der Waals surface area contributed by atoms with Crippen LogP contribution in [0.2, 0.25) is 0 Å². The number of carbonyl (C=O) groups is 2. The minimum absolute atomic E-state index is 0.112. The van der Waals surface area contributed by atoms with Crippen molar-refractivity contribution < 1.29 is 19.2 Å². The van der Waals surface area contributed by atoms with E-state index in [1.807, 2.05) is 5.43 Å². The SMILES string of the molecule is COc1ccc(C=NNC(=O)C(=O)NC(C)(C)C)cc1[N+](=O)[O-]. The van der Waals surface area contributed by atoms with Gasteiger partial charge in [0.1, 0.15) is 0 Å². The molecule has 0 unspecified atom stereocenters. The number of methoxy groups -OCH3 is 1. The summed E-state index contributed by atoms with van der Waals surface area (Å²) in [6.45, 7) is 5.20. The zero-order valence-electron chi connectivity index (χ0n) is 13.2. The van der Waals surface area contributed by atoms with E-state index in [9.17, 15) is 19.7 Å². The van der Waals surface area contributed by atoms with E-state index in [4.69, 9.17) is 4.74 Å². The maximum Gasteiger partial charge on any atom is 0.329 e. The van der Waals surface area contributed by atoms with E-state index >= 15 is 0 Å². The monoisotopic (exact) mass is 322 g/mol. The summed E-state index contributed by atoms with van der Waals surface area (Å²) in [7, 11) is 1.32. The van der Waals surface area contributed by atoms with Crippen molar-refractivity contribution in [1.29, 1.82) is 0 Å². The summed E-state index contributed by atoms with van der Waals surface area (Å²) in [5, 5.41) is 17.0. The predicted octanol–water partition coefficient (Wildman–Crippen LogP) is 0.968. The van der Waals surface area contributed by atoms with Gasteiger partial charge in [-0.05, 0) is 32.9 Å². The summed E-state index contributed by atoms with van der Waals surface area (Å²) in [5.41, 5.74) is 1.64. The molecule has 0 aliphatic carbocycles. The van der Waals surface area contributed by atoms with Crippen molar-refractivity contribution in [2.24, 2.45) is 5.10 Å². The van der Waals surface area contributed by atoms with Crippen LogP contribution in [0.4, 0.5) is 5.69 Å². The molecular formula is C14H18N4O5. The normalized spacial score (nSPS) is 11.1. The molecule has 1 rings (SSSR count). The highest BCUT2D eigenvalue weighted by atomic mass is 16.6. The highest BCUT2D eigenvalue weighted by Gasteiger charge is 2.19. The smallest absolute Gasteiger partial charge is 0.329 e. The molecule has 2 N–H and O–H groups in total. The zero-order valence-corrected chi connectivity index (χ0v) is 13.2. The van der Waals surface area contributed by atoms with Crippen LogP contribution in [0.5, 0.6) is 5.75 Å². The average molecular weight is 322 g/mol. The van der Waals surface area contributed by atoms with Gasteiger partial charge in [0.2, 0.25) is 0 Å². The molecule has 0 aliphatic heterocycles. The third-order valence-electron chi connectivity index (χ3n) is 2.47. The van der Waals surface area contributed by atoms with E-state index in [-0.39, 0.29) is 11.4 Å². The number of hydrogen-bond donors (Lipinski definition) is 2. The van der Waals surface area contributed by atoms with Gasteiger partial charge >= 0.3 is 17.5 Å². The second kappa shape index (κ2) is 7.34. The van der Waals surface area contributed by atoms with Crippen molar-refractivity contribution in [1.82, 2.24) is 10.7 Å². The van der Waals surface area contributed by atoms with E-state index in [0.29, 0.717) is 5.56 Å². The molecule has 124 valence electrons. The van der Waals surface area contributed by atoms with Crippen molar-refractivity contribution in [2.45, 2.75) is 26.3 Å². The number of nitro groups is 1. The number of hydrazone groups is 1. The van der Waals surface area contributed by atoms with Crippen LogP contribution in [0.15, 0.2) is 23.3 Å². The van der Waals surface area contributed by atoms with Crippen LogP contribution < -0.4 is 15.5 Å². The lowest BCUT2D eigenvalue weighted by atomic mass is 10.1. The first kappa shape index (κ1) is 18.1. The van der Waals surface area contributed by atoms with Crippen LogP contribution in [-0.4, -0.2) is 35.6 Å². The van der Waals surface area contributed by atoms with Gasteiger partial charge in [0, 0.05) is 17.2 Å². The Morgan fingerprint density at radius 3 is 2.48 bits per heavy atom. The lowest BCUT2D eigenvalue weighted by Crippen LogP contribution is -2.47. The van der Waals surface area contributed by atoms with Gasteiger partial charge in [0.15, 0.2) is 5.75 Å². The van der Waals surface area contributed by atoms with Crippen molar-refractivity contribution in [3.05, 3.63) is 33.9 Å². The largest absolute Gasteiger partial charge is 0.490 e. The van der Waals surface area contributed by atoms with Crippen LogP contribution >= 0.6 is 0 Å². The fraction of sp³-hybridized carbons (Fsp3) is 0.357. The van der Waals surface area contributed by atoms with Gasteiger partial charge in [-0.3, -0.25) is 19.7 Å². The zero-order chi connectivity index (χ0) is 17.6. The molecule has 0 bridgehead atoms. The maximum absolute atomic E-state index is 11.5. The molecule has 0 aliphatic rings. The number of carbonyl (C=O) groups excluding carboxylic acids is 2. The lowest BCUT2D eigenvalue weighted by molar-refractivity contribution is -0.385. The predicted molar refractivity (Wildman–Crippen MR) is 83.3 cm³/mol. The van der Waals surface area contributed by atoms with Crippen molar-refractivity contribution in [2.75, 3.05) is 7.11 Å². The molecule has 0 saturated carbocycles. The summed E-state index contributed by atoms with van der Waals surface area (Å²) in [4.78, 5) is 33.4. The summed E-state index contributed by atoms with van der Waals surface area (Å²) < 4.78 is 4.87. The number of nitro benzene ring substituents is 1. The molecule has 0 radical (unpaired) electrons. The molecule has 0 heterocycles. The number of nitrogens with one attached hydrogen (secondary N) is 2. The number of nitrogens with zero attached hydrogens (tertiary/aromatic N) is 2. The molecule has 0 aromatic heterocycles. The molecule has 9 heteroatoms. The fourth-order valence-corrected chi connectivity index (χ4v) is 1.54. The quantitative estimate of drug-likeness (QED) is 0.370. The number of rotatable bonds is 4. The van der Waals surface area contributed by atoms with Gasteiger partial charge in [-0.25, -0.2) is 5.43 Å². The Bertz CT molecular complexity index is 649.